The highest BCUT2D eigenvalue weighted by molar-refractivity contribution is 7.86. The normalized spacial score (nSPS) is 17.2. The lowest BCUT2D eigenvalue weighted by atomic mass is 9.96. The first-order valence-corrected chi connectivity index (χ1v) is 16.8. The molecule has 3 heterocycles. The van der Waals surface area contributed by atoms with Crippen LogP contribution in [0.15, 0.2) is 59.5 Å². The number of anilines is 2. The zero-order valence-corrected chi connectivity index (χ0v) is 25.5. The first-order chi connectivity index (χ1) is 20.2. The molecule has 1 aliphatic heterocycles. The highest BCUT2D eigenvalue weighted by Gasteiger charge is 2.30. The van der Waals surface area contributed by atoms with E-state index in [1.165, 1.54) is 29.9 Å². The fourth-order valence-corrected chi connectivity index (χ4v) is 7.87. The topological polar surface area (TPSA) is 105 Å². The van der Waals surface area contributed by atoms with E-state index in [2.05, 4.69) is 9.58 Å². The third-order valence-electron chi connectivity index (χ3n) is 8.28. The lowest BCUT2D eigenvalue weighted by molar-refractivity contribution is 0.0889. The van der Waals surface area contributed by atoms with Gasteiger partial charge in [-0.25, -0.2) is 0 Å². The zero-order chi connectivity index (χ0) is 29.4. The second-order valence-electron chi connectivity index (χ2n) is 11.3. The van der Waals surface area contributed by atoms with E-state index >= 15 is 0 Å². The summed E-state index contributed by atoms with van der Waals surface area (Å²) in [4.78, 5) is 17.5. The summed E-state index contributed by atoms with van der Waals surface area (Å²) in [6.45, 7) is 5.26. The van der Waals surface area contributed by atoms with Gasteiger partial charge >= 0.3 is 10.1 Å². The van der Waals surface area contributed by atoms with Crippen molar-refractivity contribution in [3.05, 3.63) is 70.7 Å². The number of hydrogen-bond donors (Lipinski definition) is 1. The second kappa shape index (κ2) is 11.8. The number of benzene rings is 2. The molecule has 42 heavy (non-hydrogen) atoms. The van der Waals surface area contributed by atoms with Gasteiger partial charge < -0.3 is 10.0 Å². The molecule has 2 aromatic heterocycles. The number of hydrogen-bond acceptors (Lipinski definition) is 8. The van der Waals surface area contributed by atoms with Crippen molar-refractivity contribution in [2.24, 2.45) is 0 Å². The van der Waals surface area contributed by atoms with Gasteiger partial charge in [0, 0.05) is 24.2 Å². The van der Waals surface area contributed by atoms with Crippen LogP contribution in [0.4, 0.5) is 11.4 Å². The van der Waals surface area contributed by atoms with Crippen LogP contribution in [0.3, 0.4) is 0 Å². The summed E-state index contributed by atoms with van der Waals surface area (Å²) in [5.74, 6) is -0.560. The summed E-state index contributed by atoms with van der Waals surface area (Å²) in [6.07, 6.45) is 6.76. The Morgan fingerprint density at radius 1 is 0.976 bits per heavy atom. The molecule has 0 atom stereocenters. The van der Waals surface area contributed by atoms with Crippen molar-refractivity contribution in [2.75, 3.05) is 23.1 Å². The average molecular weight is 609 g/mol. The predicted molar refractivity (Wildman–Crippen MR) is 165 cm³/mol. The van der Waals surface area contributed by atoms with Gasteiger partial charge in [-0.1, -0.05) is 37.0 Å². The molecular formula is C31H36N4O5S2. The lowest BCUT2D eigenvalue weighted by Gasteiger charge is -2.31. The minimum Gasteiger partial charge on any atom is -0.393 e. The molecule has 1 saturated carbocycles. The van der Waals surface area contributed by atoms with Crippen LogP contribution >= 0.6 is 11.3 Å². The van der Waals surface area contributed by atoms with Crippen molar-refractivity contribution < 1.29 is 22.6 Å². The van der Waals surface area contributed by atoms with Crippen molar-refractivity contribution in [3.63, 3.8) is 0 Å². The molecule has 4 aromatic rings. The predicted octanol–water partition coefficient (Wildman–Crippen LogP) is 6.15. The Labute approximate surface area is 250 Å². The molecule has 222 valence electrons. The summed E-state index contributed by atoms with van der Waals surface area (Å²) in [5, 5.41) is 16.5. The highest BCUT2D eigenvalue weighted by atomic mass is 32.2. The van der Waals surface area contributed by atoms with Gasteiger partial charge in [-0.15, -0.1) is 15.6 Å². The molecule has 9 nitrogen and oxygen atoms in total. The number of aryl methyl sites for hydroxylation is 2. The number of rotatable bonds is 7. The van der Waals surface area contributed by atoms with Gasteiger partial charge in [-0.2, -0.15) is 18.6 Å². The largest absolute Gasteiger partial charge is 0.393 e. The van der Waals surface area contributed by atoms with Crippen LogP contribution in [0.2, 0.25) is 0 Å². The molecule has 2 aromatic carbocycles. The molecule has 1 saturated heterocycles. The fraction of sp³-hybridized carbons (Fsp3) is 0.419. The monoisotopic (exact) mass is 608 g/mol. The highest BCUT2D eigenvalue weighted by Crippen LogP contribution is 2.37. The van der Waals surface area contributed by atoms with E-state index in [1.54, 1.807) is 30.3 Å². The third-order valence-corrected chi connectivity index (χ3v) is 10.6. The van der Waals surface area contributed by atoms with E-state index < -0.39 is 16.0 Å². The number of nitrogens with zero attached hydrogens (tertiary/aromatic N) is 4. The Kier molecular flexibility index (Phi) is 8.10. The van der Waals surface area contributed by atoms with E-state index in [9.17, 15) is 18.3 Å². The minimum atomic E-state index is -4.31. The van der Waals surface area contributed by atoms with Gasteiger partial charge in [-0.05, 0) is 82.0 Å². The second-order valence-corrected chi connectivity index (χ2v) is 13.9. The summed E-state index contributed by atoms with van der Waals surface area (Å²) < 4.78 is 34.4. The first-order valence-electron chi connectivity index (χ1n) is 14.6. The van der Waals surface area contributed by atoms with Gasteiger partial charge in [-0.3, -0.25) is 9.48 Å². The smallest absolute Gasteiger partial charge is 0.318 e. The maximum absolute atomic E-state index is 14.1. The van der Waals surface area contributed by atoms with Gasteiger partial charge in [0.1, 0.15) is 4.83 Å². The van der Waals surface area contributed by atoms with Crippen LogP contribution in [0.1, 0.15) is 71.9 Å². The number of piperidine rings is 1. The van der Waals surface area contributed by atoms with E-state index in [-0.39, 0.29) is 11.0 Å². The third kappa shape index (κ3) is 5.83. The van der Waals surface area contributed by atoms with Crippen molar-refractivity contribution in [3.8, 4) is 0 Å². The van der Waals surface area contributed by atoms with Crippen LogP contribution in [0, 0.1) is 13.8 Å². The summed E-state index contributed by atoms with van der Waals surface area (Å²) in [5.41, 5.74) is 3.00. The summed E-state index contributed by atoms with van der Waals surface area (Å²) in [6, 6.07) is 15.5. The van der Waals surface area contributed by atoms with Gasteiger partial charge in [0.2, 0.25) is 0 Å². The number of amides is 1. The quantitative estimate of drug-likeness (QED) is 0.251. The Hall–Kier alpha value is -3.25. The first kappa shape index (κ1) is 28.9. The maximum Gasteiger partial charge on any atom is 0.318 e. The number of thiophene rings is 1. The van der Waals surface area contributed by atoms with Crippen LogP contribution in [-0.4, -0.2) is 48.4 Å². The molecular weight excluding hydrogens is 572 g/mol. The molecule has 1 N–H and O–H groups in total. The van der Waals surface area contributed by atoms with Crippen LogP contribution in [-0.2, 0) is 14.4 Å². The number of hydroxylamine groups is 1. The number of aromatic nitrogens is 2. The zero-order valence-electron chi connectivity index (χ0n) is 23.9. The standard InChI is InChI=1S/C31H36N4O5S2/c1-21-8-14-27(15-9-21)42(38,39)40-35(25-12-10-23(11-13-25)33-18-16-26(36)17-19-33)30(37)29-20-28-22(2)32-34(31(28)41-29)24-6-4-3-5-7-24/h8-15,20,24,26,36H,3-7,16-19H2,1-2H3. The number of carbonyl (C=O) groups excluding carboxylic acids is 1. The van der Waals surface area contributed by atoms with E-state index in [0.29, 0.717) is 29.4 Å². The lowest BCUT2D eigenvalue weighted by Crippen LogP contribution is -2.36. The molecule has 6 rings (SSSR count). The van der Waals surface area contributed by atoms with Crippen molar-refractivity contribution in [1.82, 2.24) is 9.78 Å². The Morgan fingerprint density at radius 3 is 2.31 bits per heavy atom. The number of carbonyl (C=O) groups is 1. The molecule has 11 heteroatoms. The Morgan fingerprint density at radius 2 is 1.64 bits per heavy atom. The van der Waals surface area contributed by atoms with Gasteiger partial charge in [0.25, 0.3) is 5.91 Å². The van der Waals surface area contributed by atoms with Crippen molar-refractivity contribution in [1.29, 1.82) is 0 Å². The van der Waals surface area contributed by atoms with E-state index in [1.807, 2.05) is 26.0 Å². The van der Waals surface area contributed by atoms with Crippen molar-refractivity contribution >= 4 is 49.0 Å². The van der Waals surface area contributed by atoms with Crippen molar-refractivity contribution in [2.45, 2.75) is 75.8 Å². The SMILES string of the molecule is Cc1ccc(S(=O)(=O)ON(C(=O)c2cc3c(C)nn(C4CCCCC4)c3s2)c2ccc(N3CCC(O)CC3)cc2)cc1. The van der Waals surface area contributed by atoms with E-state index in [0.717, 1.165) is 71.0 Å². The minimum absolute atomic E-state index is 0.0329. The average Bonchev–Trinajstić information content (AvgIpc) is 3.57. The Balaban J connectivity index is 1.35. The Bertz CT molecular complexity index is 1660. The molecule has 0 spiro atoms. The number of aliphatic hydroxyl groups is 1. The summed E-state index contributed by atoms with van der Waals surface area (Å²) >= 11 is 1.32. The van der Waals surface area contributed by atoms with Gasteiger partial charge in [0.05, 0.1) is 33.3 Å². The van der Waals surface area contributed by atoms with Crippen LogP contribution in [0.5, 0.6) is 0 Å². The fourth-order valence-electron chi connectivity index (χ4n) is 5.81. The van der Waals surface area contributed by atoms with Gasteiger partial charge in [0.15, 0.2) is 0 Å². The molecule has 1 aliphatic carbocycles. The molecule has 0 bridgehead atoms. The van der Waals surface area contributed by atoms with Crippen LogP contribution < -0.4 is 9.96 Å². The molecule has 0 radical (unpaired) electrons. The molecule has 2 fully saturated rings. The number of aliphatic hydroxyl groups excluding tert-OH is 1. The molecule has 1 amide bonds. The maximum atomic E-state index is 14.1. The summed E-state index contributed by atoms with van der Waals surface area (Å²) in [7, 11) is -4.31. The molecule has 0 unspecified atom stereocenters. The van der Waals surface area contributed by atoms with Crippen LogP contribution in [0.25, 0.3) is 10.2 Å². The van der Waals surface area contributed by atoms with E-state index in [4.69, 9.17) is 9.38 Å². The molecule has 2 aliphatic rings. The number of fused-ring (bicyclic) bond motifs is 1.